The van der Waals surface area contributed by atoms with Crippen LogP contribution in [0.4, 0.5) is 10.5 Å². The lowest BCUT2D eigenvalue weighted by atomic mass is 10.1. The maximum absolute atomic E-state index is 13.0. The summed E-state index contributed by atoms with van der Waals surface area (Å²) in [4.78, 5) is 31.1. The summed E-state index contributed by atoms with van der Waals surface area (Å²) in [7, 11) is 0. The number of anilines is 1. The standard InChI is InChI=1S/C23H27N3O3/c1-18-3-5-19(6-4-18)17-25-11-2-12-26(23(25)28)21-9-7-20(8-10-21)22(27)24-13-15-29-16-14-24/h3-10H,2,11-17H2,1H3. The third kappa shape index (κ3) is 4.43. The molecule has 0 radical (unpaired) electrons. The molecule has 2 heterocycles. The van der Waals surface area contributed by atoms with E-state index in [1.54, 1.807) is 4.90 Å². The van der Waals surface area contributed by atoms with Crippen LogP contribution in [0.2, 0.25) is 0 Å². The van der Waals surface area contributed by atoms with Crippen molar-refractivity contribution >= 4 is 17.6 Å². The first-order chi connectivity index (χ1) is 14.1. The molecule has 2 fully saturated rings. The van der Waals surface area contributed by atoms with Gasteiger partial charge in [0, 0.05) is 44.0 Å². The Labute approximate surface area is 171 Å². The lowest BCUT2D eigenvalue weighted by molar-refractivity contribution is 0.0303. The molecule has 0 atom stereocenters. The average molecular weight is 393 g/mol. The molecule has 0 unspecified atom stereocenters. The smallest absolute Gasteiger partial charge is 0.324 e. The van der Waals surface area contributed by atoms with Crippen LogP contribution in [0.25, 0.3) is 0 Å². The van der Waals surface area contributed by atoms with Crippen LogP contribution in [0, 0.1) is 6.92 Å². The first kappa shape index (κ1) is 19.5. The zero-order valence-electron chi connectivity index (χ0n) is 16.8. The number of morpholine rings is 1. The summed E-state index contributed by atoms with van der Waals surface area (Å²) in [6, 6.07) is 15.7. The van der Waals surface area contributed by atoms with Crippen LogP contribution >= 0.6 is 0 Å². The molecule has 2 saturated heterocycles. The zero-order valence-corrected chi connectivity index (χ0v) is 16.8. The summed E-state index contributed by atoms with van der Waals surface area (Å²) in [6.07, 6.45) is 0.923. The Morgan fingerprint density at radius 2 is 1.62 bits per heavy atom. The maximum atomic E-state index is 13.0. The van der Waals surface area contributed by atoms with Gasteiger partial charge in [-0.05, 0) is 43.2 Å². The van der Waals surface area contributed by atoms with Crippen molar-refractivity contribution in [2.45, 2.75) is 19.9 Å². The van der Waals surface area contributed by atoms with Crippen molar-refractivity contribution in [1.29, 1.82) is 0 Å². The highest BCUT2D eigenvalue weighted by Gasteiger charge is 2.27. The highest BCUT2D eigenvalue weighted by Crippen LogP contribution is 2.23. The summed E-state index contributed by atoms with van der Waals surface area (Å²) < 4.78 is 5.31. The molecule has 3 amide bonds. The number of ether oxygens (including phenoxy) is 1. The monoisotopic (exact) mass is 393 g/mol. The molecule has 2 aliphatic heterocycles. The van der Waals surface area contributed by atoms with Crippen molar-refractivity contribution in [3.8, 4) is 0 Å². The summed E-state index contributed by atoms with van der Waals surface area (Å²) in [5.74, 6) is 0.0193. The molecule has 2 aromatic rings. The summed E-state index contributed by atoms with van der Waals surface area (Å²) in [5, 5.41) is 0. The minimum absolute atomic E-state index is 0.0177. The number of nitrogens with zero attached hydrogens (tertiary/aromatic N) is 3. The van der Waals surface area contributed by atoms with Gasteiger partial charge in [0.2, 0.25) is 0 Å². The second kappa shape index (κ2) is 8.66. The Kier molecular flexibility index (Phi) is 5.81. The number of benzene rings is 2. The van der Waals surface area contributed by atoms with Crippen LogP contribution < -0.4 is 4.90 Å². The first-order valence-electron chi connectivity index (χ1n) is 10.2. The van der Waals surface area contributed by atoms with Crippen molar-refractivity contribution in [2.24, 2.45) is 0 Å². The second-order valence-electron chi connectivity index (χ2n) is 7.65. The predicted molar refractivity (Wildman–Crippen MR) is 112 cm³/mol. The van der Waals surface area contributed by atoms with E-state index in [2.05, 4.69) is 31.2 Å². The molecule has 0 aliphatic carbocycles. The summed E-state index contributed by atoms with van der Waals surface area (Å²) >= 11 is 0. The Morgan fingerprint density at radius 1 is 0.931 bits per heavy atom. The summed E-state index contributed by atoms with van der Waals surface area (Å²) in [5.41, 5.74) is 3.84. The Hall–Kier alpha value is -2.86. The average Bonchev–Trinajstić information content (AvgIpc) is 2.77. The van der Waals surface area contributed by atoms with Crippen LogP contribution in [-0.4, -0.2) is 61.1 Å². The third-order valence-electron chi connectivity index (χ3n) is 5.53. The molecular formula is C23H27N3O3. The van der Waals surface area contributed by atoms with Gasteiger partial charge < -0.3 is 14.5 Å². The molecule has 0 saturated carbocycles. The minimum atomic E-state index is 0.0177. The van der Waals surface area contributed by atoms with Gasteiger partial charge in [0.15, 0.2) is 0 Å². The molecule has 0 bridgehead atoms. The van der Waals surface area contributed by atoms with Crippen LogP contribution in [0.3, 0.4) is 0 Å². The van der Waals surface area contributed by atoms with Crippen molar-refractivity contribution in [1.82, 2.24) is 9.80 Å². The van der Waals surface area contributed by atoms with Crippen LogP contribution in [0.15, 0.2) is 48.5 Å². The van der Waals surface area contributed by atoms with Gasteiger partial charge >= 0.3 is 6.03 Å². The first-order valence-corrected chi connectivity index (χ1v) is 10.2. The SMILES string of the molecule is Cc1ccc(CN2CCCN(c3ccc(C(=O)N4CCOCC4)cc3)C2=O)cc1. The number of rotatable bonds is 4. The molecular weight excluding hydrogens is 366 g/mol. The van der Waals surface area contributed by atoms with E-state index >= 15 is 0 Å². The van der Waals surface area contributed by atoms with Crippen LogP contribution in [0.5, 0.6) is 0 Å². The predicted octanol–water partition coefficient (Wildman–Crippen LogP) is 3.30. The number of amides is 3. The van der Waals surface area contributed by atoms with Gasteiger partial charge in [-0.15, -0.1) is 0 Å². The molecule has 0 N–H and O–H groups in total. The lowest BCUT2D eigenvalue weighted by Gasteiger charge is -2.36. The fourth-order valence-electron chi connectivity index (χ4n) is 3.81. The number of hydrogen-bond acceptors (Lipinski definition) is 3. The van der Waals surface area contributed by atoms with Gasteiger partial charge in [0.25, 0.3) is 5.91 Å². The molecule has 29 heavy (non-hydrogen) atoms. The van der Waals surface area contributed by atoms with Gasteiger partial charge in [-0.1, -0.05) is 29.8 Å². The Morgan fingerprint density at radius 3 is 2.31 bits per heavy atom. The number of aryl methyl sites for hydroxylation is 1. The molecule has 2 aliphatic rings. The molecule has 0 spiro atoms. The quantitative estimate of drug-likeness (QED) is 0.801. The maximum Gasteiger partial charge on any atom is 0.324 e. The Bertz CT molecular complexity index is 858. The minimum Gasteiger partial charge on any atom is -0.378 e. The third-order valence-corrected chi connectivity index (χ3v) is 5.53. The van der Waals surface area contributed by atoms with E-state index in [9.17, 15) is 9.59 Å². The highest BCUT2D eigenvalue weighted by molar-refractivity contribution is 5.96. The zero-order chi connectivity index (χ0) is 20.2. The van der Waals surface area contributed by atoms with E-state index in [0.717, 1.165) is 24.2 Å². The number of carbonyl (C=O) groups excluding carboxylic acids is 2. The molecule has 0 aromatic heterocycles. The van der Waals surface area contributed by atoms with Gasteiger partial charge in [0.05, 0.1) is 13.2 Å². The summed E-state index contributed by atoms with van der Waals surface area (Å²) in [6.45, 7) is 6.55. The normalized spacial score (nSPS) is 17.6. The molecule has 6 heteroatoms. The topological polar surface area (TPSA) is 53.1 Å². The van der Waals surface area contributed by atoms with E-state index in [1.165, 1.54) is 5.56 Å². The van der Waals surface area contributed by atoms with E-state index in [1.807, 2.05) is 34.1 Å². The van der Waals surface area contributed by atoms with Crippen molar-refractivity contribution in [2.75, 3.05) is 44.3 Å². The molecule has 4 rings (SSSR count). The van der Waals surface area contributed by atoms with Gasteiger partial charge in [-0.25, -0.2) is 4.79 Å². The van der Waals surface area contributed by atoms with Gasteiger partial charge in [0.1, 0.15) is 0 Å². The lowest BCUT2D eigenvalue weighted by Crippen LogP contribution is -2.49. The van der Waals surface area contributed by atoms with Crippen molar-refractivity contribution < 1.29 is 14.3 Å². The number of urea groups is 1. The largest absolute Gasteiger partial charge is 0.378 e. The van der Waals surface area contributed by atoms with Gasteiger partial charge in [-0.2, -0.15) is 0 Å². The van der Waals surface area contributed by atoms with Crippen molar-refractivity contribution in [3.05, 3.63) is 65.2 Å². The fourth-order valence-corrected chi connectivity index (χ4v) is 3.81. The van der Waals surface area contributed by atoms with E-state index in [-0.39, 0.29) is 11.9 Å². The van der Waals surface area contributed by atoms with E-state index < -0.39 is 0 Å². The van der Waals surface area contributed by atoms with Crippen LogP contribution in [-0.2, 0) is 11.3 Å². The number of carbonyl (C=O) groups is 2. The van der Waals surface area contributed by atoms with Gasteiger partial charge in [-0.3, -0.25) is 9.69 Å². The number of hydrogen-bond donors (Lipinski definition) is 0. The molecule has 6 nitrogen and oxygen atoms in total. The highest BCUT2D eigenvalue weighted by atomic mass is 16.5. The van der Waals surface area contributed by atoms with E-state index in [4.69, 9.17) is 4.74 Å². The van der Waals surface area contributed by atoms with Crippen LogP contribution in [0.1, 0.15) is 27.9 Å². The Balaban J connectivity index is 1.43. The fraction of sp³-hybridized carbons (Fsp3) is 0.391. The second-order valence-corrected chi connectivity index (χ2v) is 7.65. The van der Waals surface area contributed by atoms with E-state index in [0.29, 0.717) is 45.0 Å². The molecule has 2 aromatic carbocycles. The molecule has 152 valence electrons. The van der Waals surface area contributed by atoms with Crippen molar-refractivity contribution in [3.63, 3.8) is 0 Å².